The van der Waals surface area contributed by atoms with Gasteiger partial charge in [-0.15, -0.1) is 16.4 Å². The summed E-state index contributed by atoms with van der Waals surface area (Å²) in [5.41, 5.74) is 3.44. The quantitative estimate of drug-likeness (QED) is 0.400. The van der Waals surface area contributed by atoms with Gasteiger partial charge < -0.3 is 0 Å². The molecule has 2 aromatic carbocycles. The first-order valence-corrected chi connectivity index (χ1v) is 11.6. The summed E-state index contributed by atoms with van der Waals surface area (Å²) in [7, 11) is 0. The maximum atomic E-state index is 13.1. The van der Waals surface area contributed by atoms with Crippen LogP contribution in [-0.2, 0) is 0 Å². The lowest BCUT2D eigenvalue weighted by Gasteiger charge is -2.00. The molecule has 0 aliphatic carbocycles. The number of fused-ring (bicyclic) bond motifs is 1. The molecule has 0 saturated heterocycles. The normalized spacial score (nSPS) is 12.1. The molecule has 4 aromatic heterocycles. The highest BCUT2D eigenvalue weighted by Gasteiger charge is 2.15. The number of thiazole rings is 1. The van der Waals surface area contributed by atoms with Crippen LogP contribution in [0.5, 0.6) is 0 Å². The zero-order valence-electron chi connectivity index (χ0n) is 16.6. The van der Waals surface area contributed by atoms with Crippen molar-refractivity contribution in [2.75, 3.05) is 0 Å². The molecule has 0 fully saturated rings. The van der Waals surface area contributed by atoms with Gasteiger partial charge >= 0.3 is 0 Å². The summed E-state index contributed by atoms with van der Waals surface area (Å²) >= 11 is 2.89. The highest BCUT2D eigenvalue weighted by atomic mass is 32.1. The van der Waals surface area contributed by atoms with Crippen LogP contribution in [0.1, 0.15) is 5.56 Å². The third-order valence-electron chi connectivity index (χ3n) is 5.02. The van der Waals surface area contributed by atoms with E-state index in [0.717, 1.165) is 27.4 Å². The van der Waals surface area contributed by atoms with Crippen molar-refractivity contribution in [2.45, 2.75) is 0 Å². The second kappa shape index (κ2) is 7.67. The lowest BCUT2D eigenvalue weighted by atomic mass is 10.1. The Morgan fingerprint density at radius 2 is 1.66 bits per heavy atom. The van der Waals surface area contributed by atoms with Gasteiger partial charge in [-0.2, -0.15) is 14.6 Å². The van der Waals surface area contributed by atoms with Crippen molar-refractivity contribution in [2.24, 2.45) is 0 Å². The zero-order chi connectivity index (χ0) is 21.5. The van der Waals surface area contributed by atoms with Crippen LogP contribution in [0.15, 0.2) is 89.2 Å². The number of aromatic nitrogens is 5. The third-order valence-corrected chi connectivity index (χ3v) is 6.85. The van der Waals surface area contributed by atoms with E-state index < -0.39 is 0 Å². The van der Waals surface area contributed by atoms with Gasteiger partial charge in [-0.05, 0) is 29.7 Å². The Morgan fingerprint density at radius 3 is 2.38 bits per heavy atom. The van der Waals surface area contributed by atoms with E-state index >= 15 is 0 Å². The molecule has 0 aliphatic heterocycles. The molecule has 0 saturated carbocycles. The first-order valence-electron chi connectivity index (χ1n) is 9.92. The molecule has 0 aliphatic rings. The Kier molecular flexibility index (Phi) is 4.52. The largest absolute Gasteiger partial charge is 0.291 e. The van der Waals surface area contributed by atoms with Crippen molar-refractivity contribution in [1.29, 1.82) is 0 Å². The molecule has 0 radical (unpaired) electrons. The van der Waals surface area contributed by atoms with Crippen LogP contribution in [0.25, 0.3) is 38.7 Å². The molecule has 6 nitrogen and oxygen atoms in total. The standard InChI is InChI=1S/C24H15N5OS2/c30-23-20(32-24-25-22(27-29(23)24)19-12-7-13-31-19)14-17-15-28(18-10-5-2-6-11-18)26-21(17)16-8-3-1-4-9-16/h1-15H/b20-14-. The minimum Gasteiger partial charge on any atom is -0.266 e. The van der Waals surface area contributed by atoms with Gasteiger partial charge in [-0.1, -0.05) is 65.9 Å². The Morgan fingerprint density at radius 1 is 0.875 bits per heavy atom. The maximum Gasteiger partial charge on any atom is 0.291 e. The third kappa shape index (κ3) is 3.26. The minimum absolute atomic E-state index is 0.174. The van der Waals surface area contributed by atoms with Crippen molar-refractivity contribution in [3.05, 3.63) is 105 Å². The molecule has 6 aromatic rings. The molecule has 0 spiro atoms. The Hall–Kier alpha value is -3.88. The highest BCUT2D eigenvalue weighted by Crippen LogP contribution is 2.25. The van der Waals surface area contributed by atoms with E-state index in [4.69, 9.17) is 5.10 Å². The lowest BCUT2D eigenvalue weighted by molar-refractivity contribution is 0.884. The second-order valence-electron chi connectivity index (χ2n) is 7.10. The van der Waals surface area contributed by atoms with Gasteiger partial charge in [-0.25, -0.2) is 4.68 Å². The number of hydrogen-bond acceptors (Lipinski definition) is 6. The Bertz CT molecular complexity index is 1630. The van der Waals surface area contributed by atoms with Crippen molar-refractivity contribution in [3.8, 4) is 27.6 Å². The summed E-state index contributed by atoms with van der Waals surface area (Å²) < 4.78 is 3.79. The molecule has 0 bridgehead atoms. The molecule has 0 unspecified atom stereocenters. The van der Waals surface area contributed by atoms with Crippen molar-refractivity contribution < 1.29 is 0 Å². The maximum absolute atomic E-state index is 13.1. The van der Waals surface area contributed by atoms with E-state index in [1.54, 1.807) is 11.3 Å². The fraction of sp³-hybridized carbons (Fsp3) is 0. The van der Waals surface area contributed by atoms with Gasteiger partial charge in [0.2, 0.25) is 4.96 Å². The van der Waals surface area contributed by atoms with Crippen LogP contribution in [0.2, 0.25) is 0 Å². The summed E-state index contributed by atoms with van der Waals surface area (Å²) in [5.74, 6) is 0.580. The van der Waals surface area contributed by atoms with E-state index in [2.05, 4.69) is 10.1 Å². The molecule has 6 rings (SSSR count). The Balaban J connectivity index is 1.51. The number of nitrogens with zero attached hydrogens (tertiary/aromatic N) is 5. The van der Waals surface area contributed by atoms with Crippen LogP contribution in [0, 0.1) is 0 Å². The van der Waals surface area contributed by atoms with Crippen molar-refractivity contribution in [3.63, 3.8) is 0 Å². The van der Waals surface area contributed by atoms with E-state index in [0.29, 0.717) is 15.3 Å². The molecule has 0 atom stereocenters. The zero-order valence-corrected chi connectivity index (χ0v) is 18.3. The van der Waals surface area contributed by atoms with E-state index in [9.17, 15) is 4.79 Å². The molecule has 8 heteroatoms. The SMILES string of the molecule is O=c1/c(=C/c2cn(-c3ccccc3)nc2-c2ccccc2)sc2nc(-c3cccs3)nn12. The van der Waals surface area contributed by atoms with Gasteiger partial charge in [0.1, 0.15) is 0 Å². The Labute approximate surface area is 190 Å². The highest BCUT2D eigenvalue weighted by molar-refractivity contribution is 7.15. The van der Waals surface area contributed by atoms with E-state index in [1.807, 2.05) is 95.1 Å². The number of para-hydroxylation sites is 1. The second-order valence-corrected chi connectivity index (χ2v) is 9.06. The fourth-order valence-corrected chi connectivity index (χ4v) is 5.06. The number of benzene rings is 2. The predicted molar refractivity (Wildman–Crippen MR) is 128 cm³/mol. The predicted octanol–water partition coefficient (Wildman–Crippen LogP) is 4.28. The molecular weight excluding hydrogens is 438 g/mol. The average molecular weight is 454 g/mol. The molecule has 4 heterocycles. The van der Waals surface area contributed by atoms with Gasteiger partial charge in [0, 0.05) is 17.3 Å². The first kappa shape index (κ1) is 18.9. The monoisotopic (exact) mass is 453 g/mol. The van der Waals surface area contributed by atoms with Crippen LogP contribution < -0.4 is 10.1 Å². The fourth-order valence-electron chi connectivity index (χ4n) is 3.51. The van der Waals surface area contributed by atoms with Crippen molar-refractivity contribution in [1.82, 2.24) is 24.4 Å². The molecule has 32 heavy (non-hydrogen) atoms. The molecular formula is C24H15N5OS2. The minimum atomic E-state index is -0.174. The lowest BCUT2D eigenvalue weighted by Crippen LogP contribution is -2.23. The molecule has 0 amide bonds. The van der Waals surface area contributed by atoms with Gasteiger partial charge in [-0.3, -0.25) is 4.79 Å². The summed E-state index contributed by atoms with van der Waals surface area (Å²) in [6, 6.07) is 23.8. The number of rotatable bonds is 4. The number of thiophene rings is 1. The van der Waals surface area contributed by atoms with Crippen LogP contribution in [0.4, 0.5) is 0 Å². The van der Waals surface area contributed by atoms with Crippen LogP contribution >= 0.6 is 22.7 Å². The van der Waals surface area contributed by atoms with Gasteiger partial charge in [0.15, 0.2) is 5.82 Å². The van der Waals surface area contributed by atoms with Crippen LogP contribution in [-0.4, -0.2) is 24.4 Å². The van der Waals surface area contributed by atoms with Gasteiger partial charge in [0.25, 0.3) is 5.56 Å². The van der Waals surface area contributed by atoms with Gasteiger partial charge in [0.05, 0.1) is 20.8 Å². The number of hydrogen-bond donors (Lipinski definition) is 0. The smallest absolute Gasteiger partial charge is 0.266 e. The first-order chi connectivity index (χ1) is 15.8. The molecule has 0 N–H and O–H groups in total. The summed E-state index contributed by atoms with van der Waals surface area (Å²) in [6.07, 6.45) is 3.83. The topological polar surface area (TPSA) is 65.1 Å². The summed E-state index contributed by atoms with van der Waals surface area (Å²) in [5, 5.41) is 11.2. The van der Waals surface area contributed by atoms with E-state index in [1.165, 1.54) is 15.9 Å². The summed E-state index contributed by atoms with van der Waals surface area (Å²) in [6.45, 7) is 0. The molecule has 154 valence electrons. The van der Waals surface area contributed by atoms with Crippen molar-refractivity contribution >= 4 is 33.7 Å². The average Bonchev–Trinajstić information content (AvgIpc) is 3.61. The van der Waals surface area contributed by atoms with Crippen LogP contribution in [0.3, 0.4) is 0 Å². The van der Waals surface area contributed by atoms with E-state index in [-0.39, 0.29) is 5.56 Å². The summed E-state index contributed by atoms with van der Waals surface area (Å²) in [4.78, 5) is 19.1.